The normalized spacial score (nSPS) is 10.7. The lowest BCUT2D eigenvalue weighted by Gasteiger charge is -2.24. The van der Waals surface area contributed by atoms with E-state index in [1.807, 2.05) is 18.7 Å². The Balaban J connectivity index is 2.54. The number of nitrogens with one attached hydrogen (secondary N) is 1. The second-order valence-electron chi connectivity index (χ2n) is 4.88. The van der Waals surface area contributed by atoms with Crippen molar-refractivity contribution >= 4 is 11.8 Å². The number of carbonyl (C=O) groups excluding carboxylic acids is 2. The van der Waals surface area contributed by atoms with Gasteiger partial charge in [0.05, 0.1) is 6.54 Å². The minimum atomic E-state index is -0.377. The van der Waals surface area contributed by atoms with E-state index in [2.05, 4.69) is 5.43 Å². The number of amides is 2. The predicted octanol–water partition coefficient (Wildman–Crippen LogP) is -0.135. The summed E-state index contributed by atoms with van der Waals surface area (Å²) >= 11 is 0. The standard InChI is InChI=1S/C14H22N4O3/c1-10(2)18(9-13(15)19)6-7-21-12-5-3-4-11(8-12)14(20)17-16/h3-5,8,10H,6-7,9,16H2,1-2H3,(H2,15,19)(H,17,20). The van der Waals surface area contributed by atoms with Crippen molar-refractivity contribution < 1.29 is 14.3 Å². The van der Waals surface area contributed by atoms with Crippen LogP contribution in [0.3, 0.4) is 0 Å². The summed E-state index contributed by atoms with van der Waals surface area (Å²) in [6, 6.07) is 6.90. The summed E-state index contributed by atoms with van der Waals surface area (Å²) in [4.78, 5) is 24.3. The van der Waals surface area contributed by atoms with Crippen LogP contribution in [0.5, 0.6) is 5.75 Å². The van der Waals surface area contributed by atoms with Crippen molar-refractivity contribution in [2.45, 2.75) is 19.9 Å². The average molecular weight is 294 g/mol. The molecule has 116 valence electrons. The lowest BCUT2D eigenvalue weighted by atomic mass is 10.2. The molecule has 0 atom stereocenters. The third-order valence-electron chi connectivity index (χ3n) is 2.96. The maximum absolute atomic E-state index is 11.4. The highest BCUT2D eigenvalue weighted by atomic mass is 16.5. The number of benzene rings is 1. The molecule has 0 bridgehead atoms. The molecule has 0 aliphatic carbocycles. The maximum Gasteiger partial charge on any atom is 0.265 e. The van der Waals surface area contributed by atoms with Gasteiger partial charge in [-0.15, -0.1) is 0 Å². The van der Waals surface area contributed by atoms with Crippen LogP contribution in [0.15, 0.2) is 24.3 Å². The summed E-state index contributed by atoms with van der Waals surface area (Å²) in [6.45, 7) is 5.11. The smallest absolute Gasteiger partial charge is 0.265 e. The van der Waals surface area contributed by atoms with E-state index in [1.54, 1.807) is 24.3 Å². The Bertz CT molecular complexity index is 491. The molecule has 0 heterocycles. The van der Waals surface area contributed by atoms with E-state index in [-0.39, 0.29) is 24.4 Å². The molecule has 0 radical (unpaired) electrons. The zero-order chi connectivity index (χ0) is 15.8. The molecule has 1 aromatic rings. The number of hydrogen-bond donors (Lipinski definition) is 3. The molecule has 0 spiro atoms. The molecule has 21 heavy (non-hydrogen) atoms. The Labute approximate surface area is 124 Å². The molecule has 0 saturated carbocycles. The molecule has 7 nitrogen and oxygen atoms in total. The van der Waals surface area contributed by atoms with Gasteiger partial charge in [-0.2, -0.15) is 0 Å². The van der Waals surface area contributed by atoms with Crippen molar-refractivity contribution in [3.8, 4) is 5.75 Å². The van der Waals surface area contributed by atoms with E-state index >= 15 is 0 Å². The number of nitrogens with two attached hydrogens (primary N) is 2. The topological polar surface area (TPSA) is 111 Å². The van der Waals surface area contributed by atoms with Crippen molar-refractivity contribution in [1.29, 1.82) is 0 Å². The van der Waals surface area contributed by atoms with Gasteiger partial charge in [-0.1, -0.05) is 6.07 Å². The summed E-state index contributed by atoms with van der Waals surface area (Å²) in [5.41, 5.74) is 7.69. The molecule has 0 unspecified atom stereocenters. The Morgan fingerprint density at radius 1 is 1.38 bits per heavy atom. The Morgan fingerprint density at radius 3 is 2.67 bits per heavy atom. The average Bonchev–Trinajstić information content (AvgIpc) is 2.45. The lowest BCUT2D eigenvalue weighted by molar-refractivity contribution is -0.119. The molecule has 0 aliphatic rings. The van der Waals surface area contributed by atoms with Crippen molar-refractivity contribution in [3.05, 3.63) is 29.8 Å². The number of hydrazine groups is 1. The Hall–Kier alpha value is -2.12. The number of ether oxygens (including phenoxy) is 1. The number of hydrogen-bond acceptors (Lipinski definition) is 5. The fraction of sp³-hybridized carbons (Fsp3) is 0.429. The van der Waals surface area contributed by atoms with Gasteiger partial charge < -0.3 is 10.5 Å². The maximum atomic E-state index is 11.4. The first-order valence-corrected chi connectivity index (χ1v) is 6.70. The third kappa shape index (κ3) is 5.80. The predicted molar refractivity (Wildman–Crippen MR) is 79.5 cm³/mol. The lowest BCUT2D eigenvalue weighted by Crippen LogP contribution is -2.40. The van der Waals surface area contributed by atoms with E-state index in [4.69, 9.17) is 16.3 Å². The van der Waals surface area contributed by atoms with E-state index in [0.29, 0.717) is 24.5 Å². The zero-order valence-corrected chi connectivity index (χ0v) is 12.3. The molecular weight excluding hydrogens is 272 g/mol. The molecule has 0 aromatic heterocycles. The number of primary amides is 1. The van der Waals surface area contributed by atoms with Crippen LogP contribution in [0.1, 0.15) is 24.2 Å². The molecule has 0 saturated heterocycles. The summed E-state index contributed by atoms with van der Waals surface area (Å²) in [5.74, 6) is 4.90. The van der Waals surface area contributed by atoms with E-state index in [9.17, 15) is 9.59 Å². The second kappa shape index (κ2) is 8.23. The first-order chi connectivity index (χ1) is 9.93. The first kappa shape index (κ1) is 16.9. The monoisotopic (exact) mass is 294 g/mol. The van der Waals surface area contributed by atoms with Crippen molar-refractivity contribution in [2.75, 3.05) is 19.7 Å². The number of nitrogen functional groups attached to an aromatic ring is 1. The van der Waals surface area contributed by atoms with Gasteiger partial charge >= 0.3 is 0 Å². The highest BCUT2D eigenvalue weighted by Crippen LogP contribution is 2.13. The minimum Gasteiger partial charge on any atom is -0.492 e. The van der Waals surface area contributed by atoms with Crippen LogP contribution in [-0.4, -0.2) is 42.5 Å². The fourth-order valence-corrected chi connectivity index (χ4v) is 1.81. The van der Waals surface area contributed by atoms with Gasteiger partial charge in [-0.25, -0.2) is 5.84 Å². The molecule has 0 fully saturated rings. The van der Waals surface area contributed by atoms with Crippen LogP contribution in [0.25, 0.3) is 0 Å². The quantitative estimate of drug-likeness (QED) is 0.351. The van der Waals surface area contributed by atoms with Crippen molar-refractivity contribution in [2.24, 2.45) is 11.6 Å². The van der Waals surface area contributed by atoms with Crippen molar-refractivity contribution in [3.63, 3.8) is 0 Å². The molecule has 0 aliphatic heterocycles. The highest BCUT2D eigenvalue weighted by Gasteiger charge is 2.12. The second-order valence-corrected chi connectivity index (χ2v) is 4.88. The Kier molecular flexibility index (Phi) is 6.64. The molecule has 1 rings (SSSR count). The van der Waals surface area contributed by atoms with Crippen LogP contribution >= 0.6 is 0 Å². The molecule has 7 heteroatoms. The number of nitrogens with zero attached hydrogens (tertiary/aromatic N) is 1. The van der Waals surface area contributed by atoms with Gasteiger partial charge in [0.25, 0.3) is 5.91 Å². The molecule has 5 N–H and O–H groups in total. The van der Waals surface area contributed by atoms with Gasteiger partial charge in [-0.3, -0.25) is 19.9 Å². The van der Waals surface area contributed by atoms with Crippen LogP contribution < -0.4 is 21.7 Å². The number of rotatable bonds is 8. The van der Waals surface area contributed by atoms with Gasteiger partial charge in [0.1, 0.15) is 12.4 Å². The Morgan fingerprint density at radius 2 is 2.10 bits per heavy atom. The molecular formula is C14H22N4O3. The van der Waals surface area contributed by atoms with Crippen LogP contribution in [0.2, 0.25) is 0 Å². The largest absolute Gasteiger partial charge is 0.492 e. The fourth-order valence-electron chi connectivity index (χ4n) is 1.81. The van der Waals surface area contributed by atoms with Gasteiger partial charge in [0.15, 0.2) is 0 Å². The molecule has 1 aromatic carbocycles. The van der Waals surface area contributed by atoms with Crippen molar-refractivity contribution in [1.82, 2.24) is 10.3 Å². The third-order valence-corrected chi connectivity index (χ3v) is 2.96. The first-order valence-electron chi connectivity index (χ1n) is 6.70. The van der Waals surface area contributed by atoms with Crippen LogP contribution in [0.4, 0.5) is 0 Å². The number of carbonyl (C=O) groups is 2. The molecule has 2 amide bonds. The minimum absolute atomic E-state index is 0.190. The van der Waals surface area contributed by atoms with Crippen LogP contribution in [-0.2, 0) is 4.79 Å². The van der Waals surface area contributed by atoms with Crippen LogP contribution in [0, 0.1) is 0 Å². The SMILES string of the molecule is CC(C)N(CCOc1cccc(C(=O)NN)c1)CC(N)=O. The summed E-state index contributed by atoms with van der Waals surface area (Å²) in [5, 5.41) is 0. The van der Waals surface area contributed by atoms with E-state index < -0.39 is 0 Å². The van der Waals surface area contributed by atoms with E-state index in [0.717, 1.165) is 0 Å². The van der Waals surface area contributed by atoms with Gasteiger partial charge in [-0.05, 0) is 32.0 Å². The van der Waals surface area contributed by atoms with Gasteiger partial charge in [0.2, 0.25) is 5.91 Å². The highest BCUT2D eigenvalue weighted by molar-refractivity contribution is 5.94. The zero-order valence-electron chi connectivity index (χ0n) is 12.3. The summed E-state index contributed by atoms with van der Waals surface area (Å²) < 4.78 is 5.59. The van der Waals surface area contributed by atoms with E-state index in [1.165, 1.54) is 0 Å². The summed E-state index contributed by atoms with van der Waals surface area (Å²) in [6.07, 6.45) is 0. The van der Waals surface area contributed by atoms with Gasteiger partial charge in [0, 0.05) is 18.2 Å². The summed E-state index contributed by atoms with van der Waals surface area (Å²) in [7, 11) is 0.